The fourth-order valence-corrected chi connectivity index (χ4v) is 6.72. The molecule has 2 heterocycles. The van der Waals surface area contributed by atoms with Gasteiger partial charge in [-0.1, -0.05) is 42.5 Å². The Bertz CT molecular complexity index is 1580. The Balaban J connectivity index is 1.58. The third-order valence-corrected chi connectivity index (χ3v) is 9.95. The van der Waals surface area contributed by atoms with Crippen molar-refractivity contribution >= 4 is 21.6 Å². The molecular formula is C34H39N5O5S. The number of benzene rings is 2. The summed E-state index contributed by atoms with van der Waals surface area (Å²) in [5.74, 6) is -0.306. The van der Waals surface area contributed by atoms with Crippen molar-refractivity contribution in [1.29, 1.82) is 0 Å². The lowest BCUT2D eigenvalue weighted by molar-refractivity contribution is -0.384. The molecular weight excluding hydrogens is 590 g/mol. The molecule has 10 nitrogen and oxygen atoms in total. The summed E-state index contributed by atoms with van der Waals surface area (Å²) in [6.45, 7) is 0. The zero-order valence-electron chi connectivity index (χ0n) is 25.6. The summed E-state index contributed by atoms with van der Waals surface area (Å²) in [6.07, 6.45) is 12.1. The summed E-state index contributed by atoms with van der Waals surface area (Å²) < 4.78 is 28.6. The average Bonchev–Trinajstić information content (AvgIpc) is 3.07. The monoisotopic (exact) mass is 629 g/mol. The van der Waals surface area contributed by atoms with Gasteiger partial charge in [0.15, 0.2) is 0 Å². The summed E-state index contributed by atoms with van der Waals surface area (Å²) in [6, 6.07) is 20.8. The van der Waals surface area contributed by atoms with E-state index in [0.29, 0.717) is 0 Å². The van der Waals surface area contributed by atoms with Crippen LogP contribution in [0.5, 0.6) is 0 Å². The minimum absolute atomic E-state index is 0.117. The normalized spacial score (nSPS) is 12.3. The van der Waals surface area contributed by atoms with Gasteiger partial charge in [-0.15, -0.1) is 0 Å². The van der Waals surface area contributed by atoms with E-state index in [1.165, 1.54) is 19.2 Å². The second-order valence-electron chi connectivity index (χ2n) is 11.1. The van der Waals surface area contributed by atoms with Gasteiger partial charge in [0, 0.05) is 57.1 Å². The van der Waals surface area contributed by atoms with Crippen LogP contribution in [0.2, 0.25) is 0 Å². The highest BCUT2D eigenvalue weighted by Gasteiger charge is 2.36. The maximum Gasteiger partial charge on any atom is 0.269 e. The molecule has 0 bridgehead atoms. The zero-order chi connectivity index (χ0) is 32.2. The van der Waals surface area contributed by atoms with Crippen LogP contribution in [-0.4, -0.2) is 64.6 Å². The van der Waals surface area contributed by atoms with Gasteiger partial charge in [0.05, 0.1) is 9.82 Å². The van der Waals surface area contributed by atoms with E-state index in [4.69, 9.17) is 0 Å². The second kappa shape index (κ2) is 16.0. The number of nitrogens with zero attached hydrogens (tertiary/aromatic N) is 5. The van der Waals surface area contributed by atoms with Gasteiger partial charge in [-0.25, -0.2) is 8.42 Å². The number of nitro benzene ring substituents is 1. The molecule has 0 aliphatic rings. The van der Waals surface area contributed by atoms with Crippen molar-refractivity contribution < 1.29 is 18.1 Å². The predicted octanol–water partition coefficient (Wildman–Crippen LogP) is 5.49. The van der Waals surface area contributed by atoms with Crippen molar-refractivity contribution in [3.05, 3.63) is 130 Å². The fourth-order valence-electron chi connectivity index (χ4n) is 5.40. The maximum atomic E-state index is 14.3. The molecule has 45 heavy (non-hydrogen) atoms. The molecule has 4 rings (SSSR count). The average molecular weight is 630 g/mol. The molecule has 0 spiro atoms. The number of amides is 1. The molecule has 1 atom stereocenters. The molecule has 236 valence electrons. The first-order valence-corrected chi connectivity index (χ1v) is 16.4. The molecule has 4 aromatic rings. The van der Waals surface area contributed by atoms with E-state index in [-0.39, 0.29) is 29.0 Å². The Morgan fingerprint density at radius 1 is 0.800 bits per heavy atom. The fraction of sp³-hybridized carbons (Fsp3) is 0.324. The van der Waals surface area contributed by atoms with Crippen molar-refractivity contribution in [2.45, 2.75) is 61.9 Å². The van der Waals surface area contributed by atoms with Gasteiger partial charge in [0.1, 0.15) is 6.04 Å². The second-order valence-corrected chi connectivity index (χ2v) is 13.1. The minimum atomic E-state index is -4.16. The Hall–Kier alpha value is -4.48. The van der Waals surface area contributed by atoms with Crippen LogP contribution in [0.1, 0.15) is 42.4 Å². The van der Waals surface area contributed by atoms with Crippen LogP contribution in [0.3, 0.4) is 0 Å². The van der Waals surface area contributed by atoms with Gasteiger partial charge in [-0.3, -0.25) is 24.9 Å². The third kappa shape index (κ3) is 9.26. The molecule has 2 aromatic heterocycles. The van der Waals surface area contributed by atoms with Crippen molar-refractivity contribution in [2.75, 3.05) is 14.1 Å². The van der Waals surface area contributed by atoms with Gasteiger partial charge in [-0.05, 0) is 85.9 Å². The van der Waals surface area contributed by atoms with E-state index in [0.717, 1.165) is 71.7 Å². The lowest BCUT2D eigenvalue weighted by Crippen LogP contribution is -2.52. The van der Waals surface area contributed by atoms with Gasteiger partial charge in [0.2, 0.25) is 15.9 Å². The van der Waals surface area contributed by atoms with Crippen molar-refractivity contribution in [3.63, 3.8) is 0 Å². The largest absolute Gasteiger partial charge is 0.341 e. The first kappa shape index (κ1) is 33.4. The SMILES string of the molecule is CN(C(=O)C(Cc1ccccc1)N(C)S(=O)(=O)c1ccc([N+](=O)[O-])cc1)C(CCCc1cccnc1)CCCc1cccnc1. The van der Waals surface area contributed by atoms with E-state index < -0.39 is 21.0 Å². The number of carbonyl (C=O) groups is 1. The summed E-state index contributed by atoms with van der Waals surface area (Å²) in [4.78, 5) is 34.9. The third-order valence-electron chi connectivity index (χ3n) is 8.07. The zero-order valence-corrected chi connectivity index (χ0v) is 26.4. The van der Waals surface area contributed by atoms with Crippen molar-refractivity contribution in [3.8, 4) is 0 Å². The molecule has 0 N–H and O–H groups in total. The van der Waals surface area contributed by atoms with E-state index in [1.54, 1.807) is 24.3 Å². The molecule has 11 heteroatoms. The number of carbonyl (C=O) groups excluding carboxylic acids is 1. The number of likely N-dealkylation sites (N-methyl/N-ethyl adjacent to an activating group) is 2. The Labute approximate surface area is 265 Å². The Morgan fingerprint density at radius 2 is 1.33 bits per heavy atom. The summed E-state index contributed by atoms with van der Waals surface area (Å²) >= 11 is 0. The van der Waals surface area contributed by atoms with Crippen LogP contribution >= 0.6 is 0 Å². The quantitative estimate of drug-likeness (QED) is 0.119. The number of aryl methyl sites for hydroxylation is 2. The van der Waals surface area contributed by atoms with E-state index in [1.807, 2.05) is 67.0 Å². The highest BCUT2D eigenvalue weighted by atomic mass is 32.2. The Morgan fingerprint density at radius 3 is 1.82 bits per heavy atom. The van der Waals surface area contributed by atoms with E-state index >= 15 is 0 Å². The number of sulfonamides is 1. The van der Waals surface area contributed by atoms with Gasteiger partial charge >= 0.3 is 0 Å². The smallest absolute Gasteiger partial charge is 0.269 e. The van der Waals surface area contributed by atoms with Crippen molar-refractivity contribution in [2.24, 2.45) is 0 Å². The lowest BCUT2D eigenvalue weighted by Gasteiger charge is -2.35. The molecule has 1 unspecified atom stereocenters. The molecule has 0 fully saturated rings. The maximum absolute atomic E-state index is 14.3. The van der Waals surface area contributed by atoms with Crippen LogP contribution in [0.15, 0.2) is 109 Å². The van der Waals surface area contributed by atoms with Crippen LogP contribution in [-0.2, 0) is 34.1 Å². The predicted molar refractivity (Wildman–Crippen MR) is 173 cm³/mol. The minimum Gasteiger partial charge on any atom is -0.341 e. The number of nitro groups is 1. The molecule has 2 aromatic carbocycles. The van der Waals surface area contributed by atoms with Gasteiger partial charge in [-0.2, -0.15) is 4.31 Å². The van der Waals surface area contributed by atoms with Crippen LogP contribution in [0.4, 0.5) is 5.69 Å². The summed E-state index contributed by atoms with van der Waals surface area (Å²) in [5.41, 5.74) is 2.85. The van der Waals surface area contributed by atoms with Gasteiger partial charge < -0.3 is 4.90 Å². The van der Waals surface area contributed by atoms with E-state index in [2.05, 4.69) is 9.97 Å². The topological polar surface area (TPSA) is 127 Å². The van der Waals surface area contributed by atoms with Gasteiger partial charge in [0.25, 0.3) is 5.69 Å². The highest BCUT2D eigenvalue weighted by molar-refractivity contribution is 7.89. The number of hydrogen-bond donors (Lipinski definition) is 0. The molecule has 0 radical (unpaired) electrons. The van der Waals surface area contributed by atoms with E-state index in [9.17, 15) is 23.3 Å². The van der Waals surface area contributed by atoms with Crippen LogP contribution in [0, 0.1) is 10.1 Å². The number of aromatic nitrogens is 2. The van der Waals surface area contributed by atoms with Crippen molar-refractivity contribution in [1.82, 2.24) is 19.2 Å². The number of non-ortho nitro benzene ring substituents is 1. The standard InChI is InChI=1S/C34H39N5O5S/c1-37(30(16-6-12-28-14-8-22-35-25-28)17-7-13-29-15-9-23-36-26-29)34(40)33(24-27-10-4-3-5-11-27)38(2)45(43,44)32-20-18-31(19-21-32)39(41)42/h3-5,8-11,14-15,18-23,25-26,30,33H,6-7,12-13,16-17,24H2,1-2H3. The summed E-state index contributed by atoms with van der Waals surface area (Å²) in [7, 11) is -1.01. The first-order chi connectivity index (χ1) is 21.7. The molecule has 0 aliphatic heterocycles. The molecule has 0 saturated carbocycles. The Kier molecular flexibility index (Phi) is 11.9. The number of rotatable bonds is 16. The first-order valence-electron chi connectivity index (χ1n) is 15.0. The number of pyridine rings is 2. The van der Waals surface area contributed by atoms with Crippen LogP contribution < -0.4 is 0 Å². The molecule has 0 aliphatic carbocycles. The highest BCUT2D eigenvalue weighted by Crippen LogP contribution is 2.24. The number of hydrogen-bond acceptors (Lipinski definition) is 7. The lowest BCUT2D eigenvalue weighted by atomic mass is 9.97. The molecule has 1 amide bonds. The summed E-state index contributed by atoms with van der Waals surface area (Å²) in [5, 5.41) is 11.1. The molecule has 0 saturated heterocycles. The van der Waals surface area contributed by atoms with Crippen LogP contribution in [0.25, 0.3) is 0 Å².